The largest absolute Gasteiger partial charge is 0.377 e. The summed E-state index contributed by atoms with van der Waals surface area (Å²) in [5.74, 6) is -0.180. The second-order valence-corrected chi connectivity index (χ2v) is 7.42. The Hall–Kier alpha value is -2.32. The quantitative estimate of drug-likeness (QED) is 0.861. The Morgan fingerprint density at radius 1 is 1.42 bits per heavy atom. The maximum atomic E-state index is 12.9. The summed E-state index contributed by atoms with van der Waals surface area (Å²) < 4.78 is 5.50. The normalized spacial score (nSPS) is 17.2. The van der Waals surface area contributed by atoms with E-state index in [0.717, 1.165) is 16.3 Å². The first-order valence-electron chi connectivity index (χ1n) is 8.53. The molecular formula is C18H22N4O3S. The van der Waals surface area contributed by atoms with Crippen LogP contribution in [-0.2, 0) is 16.1 Å². The lowest BCUT2D eigenvalue weighted by molar-refractivity contribution is -0.123. The first-order chi connectivity index (χ1) is 12.5. The van der Waals surface area contributed by atoms with Gasteiger partial charge in [0.2, 0.25) is 5.91 Å². The molecule has 0 unspecified atom stereocenters. The van der Waals surface area contributed by atoms with Gasteiger partial charge in [-0.05, 0) is 25.5 Å². The maximum Gasteiger partial charge on any atom is 0.266 e. The molecule has 26 heavy (non-hydrogen) atoms. The minimum absolute atomic E-state index is 0.0681. The van der Waals surface area contributed by atoms with Gasteiger partial charge >= 0.3 is 0 Å². The van der Waals surface area contributed by atoms with Crippen LogP contribution < -0.4 is 5.32 Å². The highest BCUT2D eigenvalue weighted by Gasteiger charge is 2.31. The second kappa shape index (κ2) is 8.37. The summed E-state index contributed by atoms with van der Waals surface area (Å²) in [6.07, 6.45) is 3.62. The first kappa shape index (κ1) is 18.5. The van der Waals surface area contributed by atoms with E-state index in [0.29, 0.717) is 31.2 Å². The van der Waals surface area contributed by atoms with Crippen molar-refractivity contribution in [1.82, 2.24) is 20.2 Å². The summed E-state index contributed by atoms with van der Waals surface area (Å²) >= 11 is 1.39. The second-order valence-electron chi connectivity index (χ2n) is 6.22. The summed E-state index contributed by atoms with van der Waals surface area (Å²) in [5, 5.41) is 3.74. The zero-order chi connectivity index (χ0) is 18.5. The van der Waals surface area contributed by atoms with Gasteiger partial charge in [-0.3, -0.25) is 14.6 Å². The van der Waals surface area contributed by atoms with Crippen molar-refractivity contribution in [1.29, 1.82) is 0 Å². The number of nitrogens with one attached hydrogen (secondary N) is 1. The van der Waals surface area contributed by atoms with E-state index < -0.39 is 0 Å². The molecule has 3 rings (SSSR count). The highest BCUT2D eigenvalue weighted by Crippen LogP contribution is 2.22. The Morgan fingerprint density at radius 3 is 2.96 bits per heavy atom. The van der Waals surface area contributed by atoms with Gasteiger partial charge in [-0.15, -0.1) is 11.3 Å². The molecule has 8 heteroatoms. The van der Waals surface area contributed by atoms with Crippen LogP contribution in [0.25, 0.3) is 0 Å². The standard InChI is InChI=1S/C18H22N4O3S/c1-12-17(26-13(2)21-12)18(24)22-6-7-25-11-15(22)8-16(23)20-10-14-4-3-5-19-9-14/h3-5,9,15H,6-8,10-11H2,1-2H3,(H,20,23)/t15-/m1/s1. The number of ether oxygens (including phenoxy) is 1. The van der Waals surface area contributed by atoms with E-state index in [2.05, 4.69) is 15.3 Å². The topological polar surface area (TPSA) is 84.4 Å². The number of hydrogen-bond donors (Lipinski definition) is 1. The molecule has 2 amide bonds. The van der Waals surface area contributed by atoms with Gasteiger partial charge in [0.05, 0.1) is 30.0 Å². The van der Waals surface area contributed by atoms with Crippen molar-refractivity contribution in [2.75, 3.05) is 19.8 Å². The molecule has 1 fully saturated rings. The lowest BCUT2D eigenvalue weighted by atomic mass is 10.1. The molecule has 0 saturated carbocycles. The average Bonchev–Trinajstić information content (AvgIpc) is 2.99. The van der Waals surface area contributed by atoms with Gasteiger partial charge in [0, 0.05) is 31.9 Å². The molecular weight excluding hydrogens is 352 g/mol. The van der Waals surface area contributed by atoms with Crippen molar-refractivity contribution >= 4 is 23.2 Å². The third-order valence-electron chi connectivity index (χ3n) is 4.22. The predicted octanol–water partition coefficient (Wildman–Crippen LogP) is 1.70. The Balaban J connectivity index is 1.62. The van der Waals surface area contributed by atoms with Gasteiger partial charge in [0.25, 0.3) is 5.91 Å². The molecule has 2 aromatic rings. The van der Waals surface area contributed by atoms with E-state index in [1.54, 1.807) is 17.3 Å². The summed E-state index contributed by atoms with van der Waals surface area (Å²) in [5.41, 5.74) is 1.67. The molecule has 0 spiro atoms. The molecule has 1 saturated heterocycles. The molecule has 0 aliphatic carbocycles. The van der Waals surface area contributed by atoms with Crippen LogP contribution in [0.4, 0.5) is 0 Å². The SMILES string of the molecule is Cc1nc(C)c(C(=O)N2CCOC[C@H]2CC(=O)NCc2cccnc2)s1. The van der Waals surface area contributed by atoms with Gasteiger partial charge in [-0.25, -0.2) is 4.98 Å². The molecule has 0 aromatic carbocycles. The molecule has 1 N–H and O–H groups in total. The minimum Gasteiger partial charge on any atom is -0.377 e. The molecule has 2 aromatic heterocycles. The highest BCUT2D eigenvalue weighted by molar-refractivity contribution is 7.13. The van der Waals surface area contributed by atoms with E-state index in [9.17, 15) is 9.59 Å². The number of amides is 2. The minimum atomic E-state index is -0.271. The zero-order valence-electron chi connectivity index (χ0n) is 14.9. The fraction of sp³-hybridized carbons (Fsp3) is 0.444. The summed E-state index contributed by atoms with van der Waals surface area (Å²) in [7, 11) is 0. The number of hydrogen-bond acceptors (Lipinski definition) is 6. The van der Waals surface area contributed by atoms with Crippen LogP contribution in [0.5, 0.6) is 0 Å². The maximum absolute atomic E-state index is 12.9. The Morgan fingerprint density at radius 2 is 2.27 bits per heavy atom. The van der Waals surface area contributed by atoms with Crippen molar-refractivity contribution in [3.63, 3.8) is 0 Å². The number of rotatable bonds is 5. The number of aromatic nitrogens is 2. The van der Waals surface area contributed by atoms with E-state index in [1.165, 1.54) is 11.3 Å². The van der Waals surface area contributed by atoms with Crippen LogP contribution >= 0.6 is 11.3 Å². The van der Waals surface area contributed by atoms with Crippen LogP contribution in [0, 0.1) is 13.8 Å². The number of carbonyl (C=O) groups excluding carboxylic acids is 2. The van der Waals surface area contributed by atoms with Gasteiger partial charge in [0.1, 0.15) is 4.88 Å². The lowest BCUT2D eigenvalue weighted by Crippen LogP contribution is -2.50. The van der Waals surface area contributed by atoms with Crippen molar-refractivity contribution in [3.05, 3.63) is 45.7 Å². The number of pyridine rings is 1. The van der Waals surface area contributed by atoms with Crippen LogP contribution in [0.1, 0.15) is 32.4 Å². The first-order valence-corrected chi connectivity index (χ1v) is 9.34. The van der Waals surface area contributed by atoms with Crippen molar-refractivity contribution in [2.24, 2.45) is 0 Å². The van der Waals surface area contributed by atoms with Crippen molar-refractivity contribution < 1.29 is 14.3 Å². The van der Waals surface area contributed by atoms with E-state index in [1.807, 2.05) is 26.0 Å². The van der Waals surface area contributed by atoms with Gasteiger partial charge in [0.15, 0.2) is 0 Å². The Labute approximate surface area is 156 Å². The third-order valence-corrected chi connectivity index (χ3v) is 5.28. The van der Waals surface area contributed by atoms with Crippen molar-refractivity contribution in [2.45, 2.75) is 32.9 Å². The molecule has 0 bridgehead atoms. The molecule has 1 aliphatic heterocycles. The van der Waals surface area contributed by atoms with Crippen molar-refractivity contribution in [3.8, 4) is 0 Å². The lowest BCUT2D eigenvalue weighted by Gasteiger charge is -2.35. The fourth-order valence-corrected chi connectivity index (χ4v) is 3.82. The summed E-state index contributed by atoms with van der Waals surface area (Å²) in [6.45, 7) is 5.47. The van der Waals surface area contributed by atoms with Crippen LogP contribution in [0.3, 0.4) is 0 Å². The molecule has 0 radical (unpaired) electrons. The van der Waals surface area contributed by atoms with Gasteiger partial charge in [-0.1, -0.05) is 6.07 Å². The summed E-state index contributed by atoms with van der Waals surface area (Å²) in [6, 6.07) is 3.46. The highest BCUT2D eigenvalue weighted by atomic mass is 32.1. The van der Waals surface area contributed by atoms with Gasteiger partial charge in [-0.2, -0.15) is 0 Å². The van der Waals surface area contributed by atoms with Gasteiger partial charge < -0.3 is 15.0 Å². The number of aryl methyl sites for hydroxylation is 2. The zero-order valence-corrected chi connectivity index (χ0v) is 15.7. The average molecular weight is 374 g/mol. The van der Waals surface area contributed by atoms with Crippen LogP contribution in [0.2, 0.25) is 0 Å². The number of morpholine rings is 1. The molecule has 1 atom stereocenters. The Bertz CT molecular complexity index is 778. The van der Waals surface area contributed by atoms with E-state index >= 15 is 0 Å². The molecule has 3 heterocycles. The smallest absolute Gasteiger partial charge is 0.266 e. The number of thiazole rings is 1. The Kier molecular flexibility index (Phi) is 5.95. The van der Waals surface area contributed by atoms with E-state index in [4.69, 9.17) is 4.74 Å². The van der Waals surface area contributed by atoms with Crippen LogP contribution in [0.15, 0.2) is 24.5 Å². The number of carbonyl (C=O) groups is 2. The summed E-state index contributed by atoms with van der Waals surface area (Å²) in [4.78, 5) is 36.0. The third kappa shape index (κ3) is 4.44. The van der Waals surface area contributed by atoms with E-state index in [-0.39, 0.29) is 24.3 Å². The van der Waals surface area contributed by atoms with Crippen LogP contribution in [-0.4, -0.2) is 52.5 Å². The molecule has 1 aliphatic rings. The monoisotopic (exact) mass is 374 g/mol. The fourth-order valence-electron chi connectivity index (χ4n) is 2.94. The predicted molar refractivity (Wildman–Crippen MR) is 97.9 cm³/mol. The molecule has 138 valence electrons. The molecule has 7 nitrogen and oxygen atoms in total. The number of nitrogens with zero attached hydrogens (tertiary/aromatic N) is 3.